The lowest BCUT2D eigenvalue weighted by atomic mass is 9.85. The van der Waals surface area contributed by atoms with Crippen molar-refractivity contribution in [2.75, 3.05) is 39.4 Å². The Morgan fingerprint density at radius 2 is 1.95 bits per heavy atom. The fraction of sp³-hybridized carbons (Fsp3) is 0.647. The summed E-state index contributed by atoms with van der Waals surface area (Å²) >= 11 is 3.81. The van der Waals surface area contributed by atoms with Crippen molar-refractivity contribution in [2.45, 2.75) is 25.8 Å². The monoisotopic (exact) mass is 352 g/mol. The van der Waals surface area contributed by atoms with Gasteiger partial charge in [-0.25, -0.2) is 0 Å². The topological polar surface area (TPSA) is 24.5 Å². The summed E-state index contributed by atoms with van der Waals surface area (Å²) in [6.45, 7) is 8.47. The molecule has 2 aliphatic heterocycles. The van der Waals surface area contributed by atoms with Gasteiger partial charge in [0.1, 0.15) is 0 Å². The standard InChI is InChI=1S/C17H25BrN2O/c1-13-2-3-15(16(18)12-13)17(14-4-10-21-11-5-14)20-8-6-19-7-9-20/h2-3,12,14,17,19H,4-11H2,1H3/t17-/m1/s1. The Hall–Kier alpha value is -0.420. The van der Waals surface area contributed by atoms with Crippen LogP contribution in [0.2, 0.25) is 0 Å². The van der Waals surface area contributed by atoms with Gasteiger partial charge in [-0.05, 0) is 42.9 Å². The molecule has 2 aliphatic rings. The maximum atomic E-state index is 5.58. The van der Waals surface area contributed by atoms with Crippen LogP contribution in [0.4, 0.5) is 0 Å². The molecule has 3 nitrogen and oxygen atoms in total. The van der Waals surface area contributed by atoms with Crippen LogP contribution in [0.25, 0.3) is 0 Å². The Kier molecular flexibility index (Phi) is 5.33. The molecule has 2 fully saturated rings. The molecule has 1 N–H and O–H groups in total. The highest BCUT2D eigenvalue weighted by Crippen LogP contribution is 2.38. The average molecular weight is 353 g/mol. The second-order valence-electron chi connectivity index (χ2n) is 6.21. The number of nitrogens with one attached hydrogen (secondary N) is 1. The van der Waals surface area contributed by atoms with Crippen molar-refractivity contribution >= 4 is 15.9 Å². The van der Waals surface area contributed by atoms with Gasteiger partial charge in [-0.15, -0.1) is 0 Å². The van der Waals surface area contributed by atoms with Gasteiger partial charge in [0.25, 0.3) is 0 Å². The summed E-state index contributed by atoms with van der Waals surface area (Å²) in [5, 5.41) is 3.47. The molecule has 0 bridgehead atoms. The SMILES string of the molecule is Cc1ccc([C@@H](C2CCOCC2)N2CCNCC2)c(Br)c1. The smallest absolute Gasteiger partial charge is 0.0469 e. The van der Waals surface area contributed by atoms with Crippen LogP contribution in [-0.2, 0) is 4.74 Å². The van der Waals surface area contributed by atoms with Crippen LogP contribution in [-0.4, -0.2) is 44.3 Å². The summed E-state index contributed by atoms with van der Waals surface area (Å²) in [6.07, 6.45) is 2.35. The average Bonchev–Trinajstić information content (AvgIpc) is 2.52. The highest BCUT2D eigenvalue weighted by molar-refractivity contribution is 9.10. The van der Waals surface area contributed by atoms with Gasteiger partial charge in [0.15, 0.2) is 0 Å². The van der Waals surface area contributed by atoms with Gasteiger partial charge in [-0.2, -0.15) is 0 Å². The van der Waals surface area contributed by atoms with Gasteiger partial charge in [-0.1, -0.05) is 28.1 Å². The van der Waals surface area contributed by atoms with Gasteiger partial charge in [0.05, 0.1) is 0 Å². The van der Waals surface area contributed by atoms with E-state index in [0.29, 0.717) is 12.0 Å². The summed E-state index contributed by atoms with van der Waals surface area (Å²) in [7, 11) is 0. The van der Waals surface area contributed by atoms with Crippen LogP contribution < -0.4 is 5.32 Å². The minimum atomic E-state index is 0.519. The van der Waals surface area contributed by atoms with E-state index in [1.807, 2.05) is 0 Å². The van der Waals surface area contributed by atoms with E-state index in [1.54, 1.807) is 0 Å². The van der Waals surface area contributed by atoms with Gasteiger partial charge < -0.3 is 10.1 Å². The molecule has 4 heteroatoms. The van der Waals surface area contributed by atoms with Crippen LogP contribution in [0.5, 0.6) is 0 Å². The molecule has 0 unspecified atom stereocenters. The molecule has 0 aromatic heterocycles. The molecule has 0 spiro atoms. The van der Waals surface area contributed by atoms with Gasteiger partial charge in [-0.3, -0.25) is 4.90 Å². The van der Waals surface area contributed by atoms with Crippen LogP contribution in [0.3, 0.4) is 0 Å². The predicted molar refractivity (Wildman–Crippen MR) is 89.6 cm³/mol. The normalized spacial score (nSPS) is 23.1. The zero-order chi connectivity index (χ0) is 14.7. The zero-order valence-corrected chi connectivity index (χ0v) is 14.4. The van der Waals surface area contributed by atoms with Crippen LogP contribution in [0, 0.1) is 12.8 Å². The van der Waals surface area contributed by atoms with Crippen LogP contribution in [0.1, 0.15) is 30.0 Å². The molecular formula is C17H25BrN2O. The number of halogens is 1. The van der Waals surface area contributed by atoms with E-state index in [0.717, 1.165) is 39.4 Å². The van der Waals surface area contributed by atoms with E-state index in [2.05, 4.69) is 51.3 Å². The largest absolute Gasteiger partial charge is 0.381 e. The molecule has 116 valence electrons. The Labute approximate surface area is 136 Å². The lowest BCUT2D eigenvalue weighted by Gasteiger charge is -2.41. The van der Waals surface area contributed by atoms with Crippen molar-refractivity contribution in [1.29, 1.82) is 0 Å². The number of aryl methyl sites for hydroxylation is 1. The summed E-state index contributed by atoms with van der Waals surface area (Å²) < 4.78 is 6.84. The third-order valence-electron chi connectivity index (χ3n) is 4.73. The predicted octanol–water partition coefficient (Wildman–Crippen LogP) is 3.13. The molecule has 21 heavy (non-hydrogen) atoms. The molecule has 0 saturated carbocycles. The Balaban J connectivity index is 1.89. The molecule has 0 radical (unpaired) electrons. The zero-order valence-electron chi connectivity index (χ0n) is 12.8. The first-order valence-electron chi connectivity index (χ1n) is 8.04. The quantitative estimate of drug-likeness (QED) is 0.904. The van der Waals surface area contributed by atoms with Crippen LogP contribution >= 0.6 is 15.9 Å². The first-order chi connectivity index (χ1) is 10.3. The first kappa shape index (κ1) is 15.5. The van der Waals surface area contributed by atoms with E-state index < -0.39 is 0 Å². The highest BCUT2D eigenvalue weighted by atomic mass is 79.9. The van der Waals surface area contributed by atoms with E-state index >= 15 is 0 Å². The first-order valence-corrected chi connectivity index (χ1v) is 8.83. The Bertz CT molecular complexity index is 450. The molecule has 3 rings (SSSR count). The molecule has 0 aliphatic carbocycles. The molecular weight excluding hydrogens is 328 g/mol. The van der Waals surface area contributed by atoms with Crippen molar-refractivity contribution in [3.8, 4) is 0 Å². The molecule has 0 amide bonds. The van der Waals surface area contributed by atoms with Gasteiger partial charge in [0, 0.05) is 49.9 Å². The maximum Gasteiger partial charge on any atom is 0.0469 e. The van der Waals surface area contributed by atoms with Gasteiger partial charge in [0.2, 0.25) is 0 Å². The van der Waals surface area contributed by atoms with Gasteiger partial charge >= 0.3 is 0 Å². The lowest BCUT2D eigenvalue weighted by Crippen LogP contribution is -2.47. The van der Waals surface area contributed by atoms with Crippen molar-refractivity contribution in [2.24, 2.45) is 5.92 Å². The minimum Gasteiger partial charge on any atom is -0.381 e. The second kappa shape index (κ2) is 7.23. The fourth-order valence-corrected chi connectivity index (χ4v) is 4.34. The highest BCUT2D eigenvalue weighted by Gasteiger charge is 2.32. The number of rotatable bonds is 3. The summed E-state index contributed by atoms with van der Waals surface area (Å²) in [5.74, 6) is 0.704. The van der Waals surface area contributed by atoms with E-state index in [-0.39, 0.29) is 0 Å². The number of ether oxygens (including phenoxy) is 1. The number of piperazine rings is 1. The van der Waals surface area contributed by atoms with Crippen molar-refractivity contribution < 1.29 is 4.74 Å². The Morgan fingerprint density at radius 1 is 1.24 bits per heavy atom. The molecule has 1 aromatic carbocycles. The number of nitrogens with zero attached hydrogens (tertiary/aromatic N) is 1. The Morgan fingerprint density at radius 3 is 2.62 bits per heavy atom. The van der Waals surface area contributed by atoms with E-state index in [1.165, 1.54) is 28.4 Å². The lowest BCUT2D eigenvalue weighted by molar-refractivity contribution is 0.0211. The summed E-state index contributed by atoms with van der Waals surface area (Å²) in [6, 6.07) is 7.34. The molecule has 1 atom stereocenters. The third-order valence-corrected chi connectivity index (χ3v) is 5.42. The number of hydrogen-bond acceptors (Lipinski definition) is 3. The summed E-state index contributed by atoms with van der Waals surface area (Å²) in [5.41, 5.74) is 2.77. The van der Waals surface area contributed by atoms with Crippen molar-refractivity contribution in [3.05, 3.63) is 33.8 Å². The maximum absolute atomic E-state index is 5.58. The third kappa shape index (κ3) is 3.67. The fourth-order valence-electron chi connectivity index (χ4n) is 3.61. The molecule has 1 aromatic rings. The number of benzene rings is 1. The minimum absolute atomic E-state index is 0.519. The molecule has 2 saturated heterocycles. The summed E-state index contributed by atoms with van der Waals surface area (Å²) in [4.78, 5) is 2.67. The van der Waals surface area contributed by atoms with Crippen molar-refractivity contribution in [1.82, 2.24) is 10.2 Å². The van der Waals surface area contributed by atoms with Crippen LogP contribution in [0.15, 0.2) is 22.7 Å². The van der Waals surface area contributed by atoms with E-state index in [9.17, 15) is 0 Å². The number of hydrogen-bond donors (Lipinski definition) is 1. The molecule has 2 heterocycles. The van der Waals surface area contributed by atoms with Crippen molar-refractivity contribution in [3.63, 3.8) is 0 Å². The van der Waals surface area contributed by atoms with E-state index in [4.69, 9.17) is 4.74 Å². The second-order valence-corrected chi connectivity index (χ2v) is 7.06.